The van der Waals surface area contributed by atoms with Crippen molar-refractivity contribution in [2.45, 2.75) is 0 Å². The third kappa shape index (κ3) is 2.24. The van der Waals surface area contributed by atoms with Crippen molar-refractivity contribution < 1.29 is 4.74 Å². The Morgan fingerprint density at radius 1 is 1.33 bits per heavy atom. The molecule has 0 aliphatic carbocycles. The highest BCUT2D eigenvalue weighted by molar-refractivity contribution is 7.17. The van der Waals surface area contributed by atoms with Gasteiger partial charge in [0.2, 0.25) is 0 Å². The number of nitrogen functional groups attached to an aromatic ring is 1. The number of thiazole rings is 1. The summed E-state index contributed by atoms with van der Waals surface area (Å²) >= 11 is 1.27. The Bertz CT molecular complexity index is 498. The van der Waals surface area contributed by atoms with Gasteiger partial charge in [-0.3, -0.25) is 0 Å². The van der Waals surface area contributed by atoms with Crippen molar-refractivity contribution >= 4 is 16.3 Å². The smallest absolute Gasteiger partial charge is 0.280 e. The first kappa shape index (κ1) is 9.49. The molecule has 0 saturated heterocycles. The van der Waals surface area contributed by atoms with Gasteiger partial charge in [-0.05, 0) is 24.3 Å². The quantitative estimate of drug-likeness (QED) is 0.838. The number of benzene rings is 1. The van der Waals surface area contributed by atoms with Crippen molar-refractivity contribution in [1.82, 2.24) is 4.98 Å². The lowest BCUT2D eigenvalue weighted by Gasteiger charge is -2.00. The molecular weight excluding hydrogens is 210 g/mol. The molecule has 0 saturated carbocycles. The van der Waals surface area contributed by atoms with E-state index in [-0.39, 0.29) is 0 Å². The standard InChI is InChI=1S/C10H7N3OS/c11-5-7-1-3-8(4-2-7)14-10-13-6-9(12)15-10/h1-4,6H,12H2. The summed E-state index contributed by atoms with van der Waals surface area (Å²) in [5.74, 6) is 0.642. The van der Waals surface area contributed by atoms with Crippen LogP contribution in [0.2, 0.25) is 0 Å². The molecule has 74 valence electrons. The van der Waals surface area contributed by atoms with E-state index >= 15 is 0 Å². The molecule has 0 spiro atoms. The molecule has 2 aromatic rings. The van der Waals surface area contributed by atoms with Crippen molar-refractivity contribution in [1.29, 1.82) is 5.26 Å². The third-order valence-electron chi connectivity index (χ3n) is 1.69. The van der Waals surface area contributed by atoms with Crippen LogP contribution in [0.1, 0.15) is 5.56 Å². The third-order valence-corrected chi connectivity index (χ3v) is 2.40. The molecule has 1 aromatic carbocycles. The summed E-state index contributed by atoms with van der Waals surface area (Å²) in [7, 11) is 0. The first-order valence-electron chi connectivity index (χ1n) is 4.17. The summed E-state index contributed by atoms with van der Waals surface area (Å²) in [6, 6.07) is 8.84. The molecule has 2 rings (SSSR count). The second kappa shape index (κ2) is 3.98. The van der Waals surface area contributed by atoms with Crippen LogP contribution in [0.3, 0.4) is 0 Å². The second-order valence-corrected chi connectivity index (χ2v) is 3.79. The molecule has 1 heterocycles. The number of nitrogens with zero attached hydrogens (tertiary/aromatic N) is 2. The van der Waals surface area contributed by atoms with E-state index in [4.69, 9.17) is 15.7 Å². The van der Waals surface area contributed by atoms with Gasteiger partial charge in [-0.2, -0.15) is 5.26 Å². The first-order valence-corrected chi connectivity index (χ1v) is 4.99. The van der Waals surface area contributed by atoms with Crippen LogP contribution < -0.4 is 10.5 Å². The van der Waals surface area contributed by atoms with Crippen LogP contribution in [0.4, 0.5) is 5.00 Å². The maximum Gasteiger partial charge on any atom is 0.280 e. The molecular formula is C10H7N3OS. The van der Waals surface area contributed by atoms with Crippen LogP contribution in [-0.2, 0) is 0 Å². The zero-order valence-electron chi connectivity index (χ0n) is 7.68. The Labute approximate surface area is 90.6 Å². The van der Waals surface area contributed by atoms with Gasteiger partial charge in [-0.15, -0.1) is 0 Å². The predicted molar refractivity (Wildman–Crippen MR) is 57.8 cm³/mol. The van der Waals surface area contributed by atoms with Crippen LogP contribution in [0, 0.1) is 11.3 Å². The minimum Gasteiger partial charge on any atom is -0.431 e. The van der Waals surface area contributed by atoms with Gasteiger partial charge >= 0.3 is 0 Å². The molecule has 0 unspecified atom stereocenters. The van der Waals surface area contributed by atoms with Crippen LogP contribution in [-0.4, -0.2) is 4.98 Å². The molecule has 4 nitrogen and oxygen atoms in total. The number of nitrogens with two attached hydrogens (primary N) is 1. The molecule has 0 bridgehead atoms. The Hall–Kier alpha value is -2.06. The Morgan fingerprint density at radius 2 is 2.07 bits per heavy atom. The maximum absolute atomic E-state index is 8.60. The number of hydrogen-bond acceptors (Lipinski definition) is 5. The van der Waals surface area contributed by atoms with Crippen molar-refractivity contribution in [2.24, 2.45) is 0 Å². The largest absolute Gasteiger partial charge is 0.431 e. The molecule has 0 aliphatic rings. The SMILES string of the molecule is N#Cc1ccc(Oc2ncc(N)s2)cc1. The zero-order chi connectivity index (χ0) is 10.7. The molecule has 0 fully saturated rings. The Balaban J connectivity index is 2.15. The summed E-state index contributed by atoms with van der Waals surface area (Å²) in [6.07, 6.45) is 1.55. The van der Waals surface area contributed by atoms with Crippen LogP contribution in [0.25, 0.3) is 0 Å². The highest BCUT2D eigenvalue weighted by Crippen LogP contribution is 2.27. The van der Waals surface area contributed by atoms with Crippen LogP contribution in [0.5, 0.6) is 10.9 Å². The summed E-state index contributed by atoms with van der Waals surface area (Å²) in [5.41, 5.74) is 6.11. The van der Waals surface area contributed by atoms with E-state index in [0.717, 1.165) is 0 Å². The lowest BCUT2D eigenvalue weighted by atomic mass is 10.2. The molecule has 15 heavy (non-hydrogen) atoms. The molecule has 1 aromatic heterocycles. The topological polar surface area (TPSA) is 71.9 Å². The van der Waals surface area contributed by atoms with Gasteiger partial charge < -0.3 is 10.5 Å². The van der Waals surface area contributed by atoms with E-state index in [2.05, 4.69) is 4.98 Å². The number of aromatic nitrogens is 1. The average molecular weight is 217 g/mol. The molecule has 0 atom stereocenters. The molecule has 0 amide bonds. The van der Waals surface area contributed by atoms with Gasteiger partial charge in [0.15, 0.2) is 0 Å². The van der Waals surface area contributed by atoms with E-state index < -0.39 is 0 Å². The van der Waals surface area contributed by atoms with Gasteiger partial charge in [0.05, 0.1) is 17.8 Å². The van der Waals surface area contributed by atoms with Crippen molar-refractivity contribution in [2.75, 3.05) is 5.73 Å². The average Bonchev–Trinajstić information content (AvgIpc) is 2.65. The first-order chi connectivity index (χ1) is 7.28. The molecule has 0 radical (unpaired) electrons. The van der Waals surface area contributed by atoms with Gasteiger partial charge in [-0.1, -0.05) is 11.3 Å². The fourth-order valence-electron chi connectivity index (χ4n) is 1.02. The van der Waals surface area contributed by atoms with E-state index in [0.29, 0.717) is 21.5 Å². The second-order valence-electron chi connectivity index (χ2n) is 2.77. The van der Waals surface area contributed by atoms with Gasteiger partial charge in [0, 0.05) is 0 Å². The lowest BCUT2D eigenvalue weighted by Crippen LogP contribution is -1.82. The number of rotatable bonds is 2. The molecule has 0 aliphatic heterocycles. The van der Waals surface area contributed by atoms with E-state index in [9.17, 15) is 0 Å². The summed E-state index contributed by atoms with van der Waals surface area (Å²) in [5, 5.41) is 9.71. The Kier molecular flexibility index (Phi) is 2.52. The zero-order valence-corrected chi connectivity index (χ0v) is 8.49. The predicted octanol–water partition coefficient (Wildman–Crippen LogP) is 2.39. The fraction of sp³-hybridized carbons (Fsp3) is 0. The van der Waals surface area contributed by atoms with Gasteiger partial charge in [-0.25, -0.2) is 4.98 Å². The number of nitriles is 1. The summed E-state index contributed by atoms with van der Waals surface area (Å²) < 4.78 is 5.42. The van der Waals surface area contributed by atoms with Crippen molar-refractivity contribution in [3.05, 3.63) is 36.0 Å². The van der Waals surface area contributed by atoms with E-state index in [1.165, 1.54) is 11.3 Å². The fourth-order valence-corrected chi connectivity index (χ4v) is 1.57. The summed E-state index contributed by atoms with van der Waals surface area (Å²) in [4.78, 5) is 3.96. The van der Waals surface area contributed by atoms with E-state index in [1.54, 1.807) is 30.5 Å². The minimum atomic E-state index is 0.497. The number of hydrogen-bond donors (Lipinski definition) is 1. The summed E-state index contributed by atoms with van der Waals surface area (Å²) in [6.45, 7) is 0. The van der Waals surface area contributed by atoms with Crippen molar-refractivity contribution in [3.8, 4) is 17.0 Å². The minimum absolute atomic E-state index is 0.497. The number of anilines is 1. The monoisotopic (exact) mass is 217 g/mol. The number of ether oxygens (including phenoxy) is 1. The highest BCUT2D eigenvalue weighted by Gasteiger charge is 2.01. The molecule has 2 N–H and O–H groups in total. The lowest BCUT2D eigenvalue weighted by molar-refractivity contribution is 0.479. The van der Waals surface area contributed by atoms with E-state index in [1.807, 2.05) is 6.07 Å². The van der Waals surface area contributed by atoms with Gasteiger partial charge in [0.1, 0.15) is 10.8 Å². The maximum atomic E-state index is 8.60. The Morgan fingerprint density at radius 3 is 2.60 bits per heavy atom. The highest BCUT2D eigenvalue weighted by atomic mass is 32.1. The molecule has 5 heteroatoms. The van der Waals surface area contributed by atoms with Gasteiger partial charge in [0.25, 0.3) is 5.19 Å². The normalized spacial score (nSPS) is 9.53. The van der Waals surface area contributed by atoms with Crippen molar-refractivity contribution in [3.63, 3.8) is 0 Å². The van der Waals surface area contributed by atoms with Crippen LogP contribution >= 0.6 is 11.3 Å². The van der Waals surface area contributed by atoms with Crippen LogP contribution in [0.15, 0.2) is 30.5 Å².